The number of hydrogen-bond donors (Lipinski definition) is 2. The summed E-state index contributed by atoms with van der Waals surface area (Å²) in [4.78, 5) is 63.0. The van der Waals surface area contributed by atoms with Crippen molar-refractivity contribution >= 4 is 69.1 Å². The van der Waals surface area contributed by atoms with Gasteiger partial charge in [0.05, 0.1) is 12.6 Å². The summed E-state index contributed by atoms with van der Waals surface area (Å²) in [5.74, 6) is -0.539. The van der Waals surface area contributed by atoms with Crippen molar-refractivity contribution in [2.45, 2.75) is 29.2 Å². The van der Waals surface area contributed by atoms with Crippen LogP contribution in [0, 0.1) is 5.41 Å². The average Bonchev–Trinajstić information content (AvgIpc) is 4.25. The third-order valence-electron chi connectivity index (χ3n) is 14.0. The Hall–Kier alpha value is -8.63. The molecule has 2 N–H and O–H groups in total. The lowest BCUT2D eigenvalue weighted by Gasteiger charge is -2.53. The van der Waals surface area contributed by atoms with Gasteiger partial charge in [0.25, 0.3) is 5.91 Å². The van der Waals surface area contributed by atoms with Crippen molar-refractivity contribution < 1.29 is 28.7 Å². The van der Waals surface area contributed by atoms with Crippen LogP contribution in [0.3, 0.4) is 0 Å². The highest BCUT2D eigenvalue weighted by Gasteiger charge is 2.57. The maximum absolute atomic E-state index is 15.3. The third-order valence-corrected chi connectivity index (χ3v) is 17.1. The molecule has 11 rings (SSSR count). The summed E-state index contributed by atoms with van der Waals surface area (Å²) < 4.78 is 11.3. The van der Waals surface area contributed by atoms with Crippen molar-refractivity contribution in [2.75, 3.05) is 24.7 Å². The highest BCUT2D eigenvalue weighted by Crippen LogP contribution is 2.46. The zero-order valence-electron chi connectivity index (χ0n) is 42.3. The fourth-order valence-corrected chi connectivity index (χ4v) is 12.8. The van der Waals surface area contributed by atoms with E-state index >= 15 is 4.79 Å². The Morgan fingerprint density at radius 3 is 1.74 bits per heavy atom. The number of amides is 2. The Morgan fingerprint density at radius 1 is 0.718 bits per heavy atom. The van der Waals surface area contributed by atoms with Crippen LogP contribution in [0.25, 0.3) is 6.08 Å². The first-order chi connectivity index (χ1) is 38.3. The number of fused-ring (bicyclic) bond motifs is 1. The molecule has 0 radical (unpaired) electrons. The number of carbonyl (C=O) groups excluding carboxylic acids is 3. The number of nitrogens with one attached hydrogen (secondary N) is 2. The molecule has 2 saturated heterocycles. The Balaban J connectivity index is 0.951. The van der Waals surface area contributed by atoms with Gasteiger partial charge in [-0.25, -0.2) is 4.98 Å². The molecular formula is C63H52N6O6S3. The minimum atomic E-state index is -1.35. The molecule has 78 heavy (non-hydrogen) atoms. The van der Waals surface area contributed by atoms with Crippen LogP contribution in [0.15, 0.2) is 235 Å². The van der Waals surface area contributed by atoms with E-state index in [0.29, 0.717) is 10.9 Å². The molecule has 2 aromatic heterocycles. The monoisotopic (exact) mass is 1080 g/mol. The summed E-state index contributed by atoms with van der Waals surface area (Å²) in [5, 5.41) is 13.5. The molecule has 0 saturated carbocycles. The van der Waals surface area contributed by atoms with Gasteiger partial charge in [-0.1, -0.05) is 205 Å². The number of oxime groups is 1. The van der Waals surface area contributed by atoms with Crippen LogP contribution < -0.4 is 15.4 Å². The molecule has 12 nitrogen and oxygen atoms in total. The van der Waals surface area contributed by atoms with Crippen LogP contribution in [-0.2, 0) is 41.7 Å². The normalized spacial score (nSPS) is 17.4. The van der Waals surface area contributed by atoms with Gasteiger partial charge < -0.3 is 29.8 Å². The number of aromatic nitrogens is 2. The quantitative estimate of drug-likeness (QED) is 0.0264. The van der Waals surface area contributed by atoms with Gasteiger partial charge in [-0.15, -0.1) is 34.4 Å². The van der Waals surface area contributed by atoms with Crippen molar-refractivity contribution in [3.8, 4) is 5.75 Å². The van der Waals surface area contributed by atoms with E-state index in [1.165, 1.54) is 34.4 Å². The van der Waals surface area contributed by atoms with Crippen molar-refractivity contribution in [1.82, 2.24) is 20.2 Å². The van der Waals surface area contributed by atoms with Crippen molar-refractivity contribution in [2.24, 2.45) is 10.6 Å². The van der Waals surface area contributed by atoms with Crippen molar-refractivity contribution in [3.05, 3.63) is 279 Å². The molecular weight excluding hydrogens is 1030 g/mol. The van der Waals surface area contributed by atoms with E-state index in [9.17, 15) is 9.59 Å². The predicted molar refractivity (Wildman–Crippen MR) is 308 cm³/mol. The fraction of sp³-hybridized carbons (Fsp3) is 0.143. The summed E-state index contributed by atoms with van der Waals surface area (Å²) in [5.41, 5.74) is 4.32. The second-order valence-corrected chi connectivity index (χ2v) is 21.6. The molecule has 15 heteroatoms. The van der Waals surface area contributed by atoms with Gasteiger partial charge in [-0.05, 0) is 40.5 Å². The summed E-state index contributed by atoms with van der Waals surface area (Å²) >= 11 is 4.16. The molecule has 0 bridgehead atoms. The largest absolute Gasteiger partial charge is 0.497 e. The number of thioether (sulfide) groups is 1. The lowest BCUT2D eigenvalue weighted by atomic mass is 9.77. The molecule has 388 valence electrons. The van der Waals surface area contributed by atoms with E-state index < -0.39 is 39.8 Å². The lowest BCUT2D eigenvalue weighted by molar-refractivity contribution is -0.160. The van der Waals surface area contributed by atoms with Crippen LogP contribution in [-0.4, -0.2) is 69.2 Å². The summed E-state index contributed by atoms with van der Waals surface area (Å²) in [7, 11) is 1.59. The number of carbonyl (C=O) groups is 3. The first kappa shape index (κ1) is 51.5. The summed E-state index contributed by atoms with van der Waals surface area (Å²) in [6.07, 6.45) is 5.38. The Bertz CT molecular complexity index is 3340. The lowest BCUT2D eigenvalue weighted by Crippen LogP contribution is -2.73. The third kappa shape index (κ3) is 10.2. The van der Waals surface area contributed by atoms with Crippen LogP contribution in [0.2, 0.25) is 0 Å². The van der Waals surface area contributed by atoms with Crippen LogP contribution in [0.4, 0.5) is 5.13 Å². The van der Waals surface area contributed by atoms with Crippen LogP contribution in [0.1, 0.15) is 49.5 Å². The molecule has 2 unspecified atom stereocenters. The molecule has 7 aromatic carbocycles. The van der Waals surface area contributed by atoms with Crippen LogP contribution in [0.5, 0.6) is 5.75 Å². The first-order valence-electron chi connectivity index (χ1n) is 25.2. The minimum absolute atomic E-state index is 0.0313. The van der Waals surface area contributed by atoms with E-state index in [0.717, 1.165) is 43.8 Å². The Morgan fingerprint density at radius 2 is 1.24 bits per heavy atom. The molecule has 0 aliphatic carbocycles. The molecule has 2 aliphatic heterocycles. The molecule has 9 aromatic rings. The number of rotatable bonds is 19. The Kier molecular flexibility index (Phi) is 15.1. The number of hydrogen-bond acceptors (Lipinski definition) is 13. The standard InChI is InChI=1S/C63H52N6O6S3/c1-73-51-34-32-44(33-35-51)39-74-59(72)61(37-36-52-38-64-43-78-52)41-69-57(71)55(58(69)77-42-61)66-56(70)54(68-75-63(48-26-14-5-15-27-48,49-28-16-6-17-29-49)50-30-18-7-19-31-50)53-40-76-60(65-53)67-62(45-20-8-2-9-21-45,46-22-10-3-11-23-46)47-24-12-4-13-25-47/h2-38,40,43,55,58H,39,41-42H2,1H3,(H,65,67)(H,66,70)/t55?,58-,61?/m1/s1. The number of ether oxygens (including phenoxy) is 2. The average molecular weight is 1090 g/mol. The number of anilines is 1. The van der Waals surface area contributed by atoms with E-state index in [-0.39, 0.29) is 36.2 Å². The highest BCUT2D eigenvalue weighted by atomic mass is 32.2. The van der Waals surface area contributed by atoms with Crippen LogP contribution >= 0.6 is 34.4 Å². The van der Waals surface area contributed by atoms with Gasteiger partial charge in [0.2, 0.25) is 11.5 Å². The first-order valence-corrected chi connectivity index (χ1v) is 28.0. The number of thiazole rings is 2. The van der Waals surface area contributed by atoms with Gasteiger partial charge in [-0.2, -0.15) is 0 Å². The van der Waals surface area contributed by atoms with Crippen molar-refractivity contribution in [3.63, 3.8) is 0 Å². The second kappa shape index (κ2) is 22.9. The van der Waals surface area contributed by atoms with Gasteiger partial charge in [0.1, 0.15) is 40.4 Å². The molecule has 2 fully saturated rings. The maximum atomic E-state index is 15.3. The van der Waals surface area contributed by atoms with Gasteiger partial charge in [0, 0.05) is 45.4 Å². The SMILES string of the molecule is COc1ccc(COC(=O)C2(C=Cc3cncs3)CS[C@@H]3C(NC(=O)C(=NOC(c4ccccc4)(c4ccccc4)c4ccccc4)c4csc(NC(c5ccccc5)(c5ccccc5)c5ccccc5)n4)C(=O)N3C2)cc1. The minimum Gasteiger partial charge on any atom is -0.497 e. The summed E-state index contributed by atoms with van der Waals surface area (Å²) in [6, 6.07) is 66.2. The zero-order chi connectivity index (χ0) is 53.4. The van der Waals surface area contributed by atoms with E-state index in [4.69, 9.17) is 24.5 Å². The molecule has 2 amide bonds. The molecule has 3 atom stereocenters. The van der Waals surface area contributed by atoms with Gasteiger partial charge in [-0.3, -0.25) is 19.4 Å². The predicted octanol–water partition coefficient (Wildman–Crippen LogP) is 11.6. The van der Waals surface area contributed by atoms with E-state index in [1.54, 1.807) is 29.1 Å². The zero-order valence-corrected chi connectivity index (χ0v) is 44.7. The number of benzene rings is 7. The highest BCUT2D eigenvalue weighted by molar-refractivity contribution is 8.00. The Labute approximate surface area is 464 Å². The smallest absolute Gasteiger partial charge is 0.318 e. The number of nitrogens with zero attached hydrogens (tertiary/aromatic N) is 4. The topological polar surface area (TPSA) is 144 Å². The number of β-lactam (4-membered cyclic amide) rings is 1. The van der Waals surface area contributed by atoms with Crippen molar-refractivity contribution in [1.29, 1.82) is 0 Å². The van der Waals surface area contributed by atoms with Gasteiger partial charge >= 0.3 is 5.97 Å². The maximum Gasteiger partial charge on any atom is 0.318 e. The number of methoxy groups -OCH3 is 1. The summed E-state index contributed by atoms with van der Waals surface area (Å²) in [6.45, 7) is 0.0706. The molecule has 2 aliphatic rings. The molecule has 0 spiro atoms. The van der Waals surface area contributed by atoms with Gasteiger partial charge in [0.15, 0.2) is 10.8 Å². The number of esters is 1. The fourth-order valence-electron chi connectivity index (χ4n) is 10.0. The van der Waals surface area contributed by atoms with E-state index in [2.05, 4.69) is 52.0 Å². The van der Waals surface area contributed by atoms with E-state index in [1.807, 2.05) is 182 Å². The molecule has 4 heterocycles. The second-order valence-electron chi connectivity index (χ2n) is 18.8.